The van der Waals surface area contributed by atoms with Crippen molar-refractivity contribution in [3.05, 3.63) is 63.2 Å². The number of likely N-dealkylation sites (tertiary alicyclic amines) is 1. The summed E-state index contributed by atoms with van der Waals surface area (Å²) < 4.78 is 41.7. The summed E-state index contributed by atoms with van der Waals surface area (Å²) in [5.74, 6) is -3.50. The van der Waals surface area contributed by atoms with Gasteiger partial charge in [-0.3, -0.25) is 9.69 Å². The van der Waals surface area contributed by atoms with Gasteiger partial charge in [-0.2, -0.15) is 0 Å². The smallest absolute Gasteiger partial charge is 0.310 e. The zero-order valence-electron chi connectivity index (χ0n) is 15.6. The third-order valence-electron chi connectivity index (χ3n) is 5.51. The first-order valence-corrected chi connectivity index (χ1v) is 9.79. The Morgan fingerprint density at radius 2 is 2.03 bits per heavy atom. The summed E-state index contributed by atoms with van der Waals surface area (Å²) in [7, 11) is 0. The number of nitrogens with zero attached hydrogens (tertiary/aromatic N) is 2. The molecule has 1 aliphatic rings. The van der Waals surface area contributed by atoms with Gasteiger partial charge in [0.15, 0.2) is 11.0 Å². The molecule has 156 valence electrons. The van der Waals surface area contributed by atoms with Crippen LogP contribution in [0, 0.1) is 22.9 Å². The van der Waals surface area contributed by atoms with Crippen LogP contribution >= 0.6 is 23.2 Å². The highest BCUT2D eigenvalue weighted by molar-refractivity contribution is 6.30. The molecule has 0 bridgehead atoms. The number of benzene rings is 1. The van der Waals surface area contributed by atoms with Gasteiger partial charge >= 0.3 is 5.97 Å². The van der Waals surface area contributed by atoms with Crippen LogP contribution in [-0.4, -0.2) is 33.5 Å². The molecule has 1 aromatic carbocycles. The number of hydrogen-bond donors (Lipinski definition) is 1. The number of carboxylic acid groups (broad SMARTS) is 1. The molecule has 29 heavy (non-hydrogen) atoms. The lowest BCUT2D eigenvalue weighted by atomic mass is 9.72. The fourth-order valence-electron chi connectivity index (χ4n) is 3.85. The van der Waals surface area contributed by atoms with Crippen molar-refractivity contribution >= 4 is 29.2 Å². The van der Waals surface area contributed by atoms with Gasteiger partial charge in [0.05, 0.1) is 16.1 Å². The lowest BCUT2D eigenvalue weighted by Gasteiger charge is -2.43. The average Bonchev–Trinajstić information content (AvgIpc) is 2.65. The van der Waals surface area contributed by atoms with Gasteiger partial charge in [-0.15, -0.1) is 0 Å². The first kappa shape index (κ1) is 21.9. The second kappa shape index (κ2) is 8.50. The molecule has 0 unspecified atom stereocenters. The number of rotatable bonds is 5. The van der Waals surface area contributed by atoms with E-state index in [1.807, 2.05) is 11.8 Å². The largest absolute Gasteiger partial charge is 0.481 e. The summed E-state index contributed by atoms with van der Waals surface area (Å²) in [5, 5.41) is 9.42. The van der Waals surface area contributed by atoms with Crippen molar-refractivity contribution in [1.29, 1.82) is 0 Å². The van der Waals surface area contributed by atoms with Crippen molar-refractivity contribution in [3.8, 4) is 0 Å². The molecule has 0 radical (unpaired) electrons. The summed E-state index contributed by atoms with van der Waals surface area (Å²) in [6, 6.07) is 5.14. The summed E-state index contributed by atoms with van der Waals surface area (Å²) in [6.07, 6.45) is 0.184. The zero-order chi connectivity index (χ0) is 21.3. The molecule has 3 rings (SSSR count). The normalized spacial score (nSPS) is 22.6. The van der Waals surface area contributed by atoms with Crippen LogP contribution in [0.1, 0.15) is 31.0 Å². The molecule has 4 nitrogen and oxygen atoms in total. The standard InChI is InChI=1S/C20H19Cl2F3N2O2/c1-11-8-20(19(28)29,9-16-14(23)7-15(24)18(22)26-16)5-6-27(11)10-12-3-2-4-13(21)17(12)25/h2-4,7,11H,5-6,8-10H2,1H3,(H,28,29)/t11-,20-/m1/s1. The molecule has 1 aromatic heterocycles. The maximum absolute atomic E-state index is 14.2. The van der Waals surface area contributed by atoms with Gasteiger partial charge in [-0.1, -0.05) is 35.3 Å². The van der Waals surface area contributed by atoms with Crippen molar-refractivity contribution in [2.24, 2.45) is 5.41 Å². The summed E-state index contributed by atoms with van der Waals surface area (Å²) in [5.41, 5.74) is -1.04. The third kappa shape index (κ3) is 4.52. The van der Waals surface area contributed by atoms with Crippen LogP contribution in [-0.2, 0) is 17.8 Å². The van der Waals surface area contributed by atoms with Gasteiger partial charge in [0, 0.05) is 30.6 Å². The number of aliphatic carboxylic acids is 1. The Morgan fingerprint density at radius 1 is 1.31 bits per heavy atom. The molecule has 1 aliphatic heterocycles. The Bertz CT molecular complexity index is 944. The lowest BCUT2D eigenvalue weighted by Crippen LogP contribution is -2.50. The molecule has 2 heterocycles. The highest BCUT2D eigenvalue weighted by atomic mass is 35.5. The van der Waals surface area contributed by atoms with Crippen LogP contribution in [0.4, 0.5) is 13.2 Å². The van der Waals surface area contributed by atoms with E-state index in [-0.39, 0.29) is 42.6 Å². The van der Waals surface area contributed by atoms with E-state index in [1.165, 1.54) is 6.07 Å². The van der Waals surface area contributed by atoms with Gasteiger partial charge in [-0.05, 0) is 32.4 Å². The summed E-state index contributed by atoms with van der Waals surface area (Å²) >= 11 is 11.5. The molecular weight excluding hydrogens is 428 g/mol. The third-order valence-corrected chi connectivity index (χ3v) is 6.07. The quantitative estimate of drug-likeness (QED) is 0.648. The number of hydrogen-bond acceptors (Lipinski definition) is 3. The molecule has 9 heteroatoms. The van der Waals surface area contributed by atoms with Crippen molar-refractivity contribution in [2.45, 2.75) is 38.8 Å². The fraction of sp³-hybridized carbons (Fsp3) is 0.400. The molecule has 0 amide bonds. The van der Waals surface area contributed by atoms with Crippen molar-refractivity contribution in [2.75, 3.05) is 6.54 Å². The number of piperidine rings is 1. The molecule has 1 saturated heterocycles. The van der Waals surface area contributed by atoms with E-state index in [0.29, 0.717) is 18.2 Å². The fourth-order valence-corrected chi connectivity index (χ4v) is 4.20. The molecule has 0 aliphatic carbocycles. The van der Waals surface area contributed by atoms with E-state index in [1.54, 1.807) is 12.1 Å². The van der Waals surface area contributed by atoms with Crippen LogP contribution in [0.25, 0.3) is 0 Å². The van der Waals surface area contributed by atoms with Crippen molar-refractivity contribution in [1.82, 2.24) is 9.88 Å². The van der Waals surface area contributed by atoms with Crippen LogP contribution in [0.2, 0.25) is 10.2 Å². The number of aromatic nitrogens is 1. The highest BCUT2D eigenvalue weighted by Crippen LogP contribution is 2.39. The van der Waals surface area contributed by atoms with E-state index in [4.69, 9.17) is 23.2 Å². The van der Waals surface area contributed by atoms with E-state index < -0.39 is 34.0 Å². The summed E-state index contributed by atoms with van der Waals surface area (Å²) in [6.45, 7) is 2.47. The minimum atomic E-state index is -1.28. The first-order valence-electron chi connectivity index (χ1n) is 9.04. The minimum Gasteiger partial charge on any atom is -0.481 e. The molecule has 2 atom stereocenters. The predicted molar refractivity (Wildman–Crippen MR) is 103 cm³/mol. The average molecular weight is 447 g/mol. The number of carbonyl (C=O) groups is 1. The Morgan fingerprint density at radius 3 is 2.69 bits per heavy atom. The number of halogens is 5. The summed E-state index contributed by atoms with van der Waals surface area (Å²) in [4.78, 5) is 17.8. The van der Waals surface area contributed by atoms with Gasteiger partial charge in [0.2, 0.25) is 0 Å². The van der Waals surface area contributed by atoms with Crippen LogP contribution in [0.5, 0.6) is 0 Å². The van der Waals surface area contributed by atoms with E-state index >= 15 is 0 Å². The number of pyridine rings is 1. The van der Waals surface area contributed by atoms with E-state index in [0.717, 1.165) is 0 Å². The monoisotopic (exact) mass is 446 g/mol. The molecule has 2 aromatic rings. The van der Waals surface area contributed by atoms with Gasteiger partial charge in [-0.25, -0.2) is 18.2 Å². The van der Waals surface area contributed by atoms with E-state index in [9.17, 15) is 23.1 Å². The maximum atomic E-state index is 14.2. The Labute approximate surface area is 176 Å². The molecule has 0 spiro atoms. The van der Waals surface area contributed by atoms with Crippen LogP contribution < -0.4 is 0 Å². The van der Waals surface area contributed by atoms with Crippen LogP contribution in [0.15, 0.2) is 24.3 Å². The van der Waals surface area contributed by atoms with Crippen molar-refractivity contribution in [3.63, 3.8) is 0 Å². The Kier molecular flexibility index (Phi) is 6.41. The van der Waals surface area contributed by atoms with Gasteiger partial charge in [0.25, 0.3) is 0 Å². The molecule has 0 saturated carbocycles. The second-order valence-electron chi connectivity index (χ2n) is 7.44. The first-order chi connectivity index (χ1) is 13.6. The second-order valence-corrected chi connectivity index (χ2v) is 8.20. The molecule has 1 fully saturated rings. The molecular formula is C20H19Cl2F3N2O2. The van der Waals surface area contributed by atoms with Gasteiger partial charge in [0.1, 0.15) is 11.6 Å². The SMILES string of the molecule is C[C@@H]1C[C@](Cc2nc(Cl)c(F)cc2F)(C(=O)O)CCN1Cc1cccc(Cl)c1F. The minimum absolute atomic E-state index is 0.0294. The maximum Gasteiger partial charge on any atom is 0.310 e. The number of carboxylic acids is 1. The van der Waals surface area contributed by atoms with E-state index in [2.05, 4.69) is 4.98 Å². The highest BCUT2D eigenvalue weighted by Gasteiger charge is 2.45. The lowest BCUT2D eigenvalue weighted by molar-refractivity contribution is -0.153. The zero-order valence-corrected chi connectivity index (χ0v) is 17.1. The van der Waals surface area contributed by atoms with Gasteiger partial charge < -0.3 is 5.11 Å². The Hall–Kier alpha value is -1.83. The Balaban J connectivity index is 1.80. The topological polar surface area (TPSA) is 53.4 Å². The van der Waals surface area contributed by atoms with Crippen molar-refractivity contribution < 1.29 is 23.1 Å². The predicted octanol–water partition coefficient (Wildman–Crippen LogP) is 5.10. The molecule has 1 N–H and O–H groups in total. The van der Waals surface area contributed by atoms with Crippen LogP contribution in [0.3, 0.4) is 0 Å².